The van der Waals surface area contributed by atoms with Crippen molar-refractivity contribution in [2.75, 3.05) is 12.5 Å². The smallest absolute Gasteiger partial charge is 0.267 e. The molecule has 21 heavy (non-hydrogen) atoms. The predicted molar refractivity (Wildman–Crippen MR) is 86.2 cm³/mol. The molecule has 1 aliphatic rings. The summed E-state index contributed by atoms with van der Waals surface area (Å²) in [5, 5.41) is 0. The van der Waals surface area contributed by atoms with Crippen molar-refractivity contribution < 1.29 is 9.47 Å². The van der Waals surface area contributed by atoms with E-state index < -0.39 is 0 Å². The van der Waals surface area contributed by atoms with E-state index in [0.717, 1.165) is 22.6 Å². The fourth-order valence-corrected chi connectivity index (χ4v) is 2.74. The lowest BCUT2D eigenvalue weighted by atomic mass is 10.1. The first-order valence-corrected chi connectivity index (χ1v) is 7.47. The second-order valence-corrected chi connectivity index (χ2v) is 5.93. The van der Waals surface area contributed by atoms with E-state index in [1.807, 2.05) is 41.6 Å². The summed E-state index contributed by atoms with van der Waals surface area (Å²) < 4.78 is 13.0. The average Bonchev–Trinajstić information content (AvgIpc) is 2.47. The molecule has 1 aromatic heterocycles. The van der Waals surface area contributed by atoms with Gasteiger partial charge in [0.25, 0.3) is 5.56 Å². The van der Waals surface area contributed by atoms with Gasteiger partial charge < -0.3 is 15.2 Å². The molecule has 7 heteroatoms. The largest absolute Gasteiger partial charge is 0.467 e. The van der Waals surface area contributed by atoms with E-state index in [1.165, 1.54) is 0 Å². The van der Waals surface area contributed by atoms with Crippen LogP contribution >= 0.6 is 22.6 Å². The monoisotopic (exact) mass is 399 g/mol. The van der Waals surface area contributed by atoms with Crippen LogP contribution in [0.25, 0.3) is 0 Å². The first-order chi connectivity index (χ1) is 10.1. The molecule has 6 nitrogen and oxygen atoms in total. The Balaban J connectivity index is 2.05. The lowest BCUT2D eigenvalue weighted by Crippen LogP contribution is -2.25. The van der Waals surface area contributed by atoms with Gasteiger partial charge in [-0.05, 0) is 41.6 Å². The van der Waals surface area contributed by atoms with Gasteiger partial charge in [0.1, 0.15) is 5.75 Å². The zero-order chi connectivity index (χ0) is 15.0. The van der Waals surface area contributed by atoms with Gasteiger partial charge in [-0.25, -0.2) is 4.98 Å². The highest BCUT2D eigenvalue weighted by Gasteiger charge is 2.17. The Morgan fingerprint density at radius 3 is 3.10 bits per heavy atom. The molecule has 1 aliphatic heterocycles. The molecule has 3 rings (SSSR count). The van der Waals surface area contributed by atoms with E-state index in [2.05, 4.69) is 4.98 Å². The molecule has 0 saturated carbocycles. The molecule has 0 saturated heterocycles. The van der Waals surface area contributed by atoms with E-state index in [-0.39, 0.29) is 12.4 Å². The highest BCUT2D eigenvalue weighted by atomic mass is 127. The summed E-state index contributed by atoms with van der Waals surface area (Å²) in [5.41, 5.74) is 8.97. The third kappa shape index (κ3) is 2.75. The van der Waals surface area contributed by atoms with Gasteiger partial charge in [0.05, 0.1) is 28.7 Å². The number of hydrogen-bond acceptors (Lipinski definition) is 5. The van der Waals surface area contributed by atoms with Crippen molar-refractivity contribution in [2.45, 2.75) is 20.1 Å². The van der Waals surface area contributed by atoms with Crippen LogP contribution in [-0.4, -0.2) is 16.3 Å². The summed E-state index contributed by atoms with van der Waals surface area (Å²) in [5.74, 6) is 0.748. The van der Waals surface area contributed by atoms with Gasteiger partial charge in [0.15, 0.2) is 6.79 Å². The number of hydrogen-bond donors (Lipinski definition) is 1. The van der Waals surface area contributed by atoms with Crippen molar-refractivity contribution in [2.24, 2.45) is 0 Å². The number of nitrogen functional groups attached to an aromatic ring is 1. The second kappa shape index (κ2) is 5.64. The fraction of sp³-hybridized carbons (Fsp3) is 0.286. The van der Waals surface area contributed by atoms with Crippen LogP contribution in [-0.2, 0) is 17.9 Å². The van der Waals surface area contributed by atoms with E-state index in [1.54, 1.807) is 10.9 Å². The number of ether oxygens (including phenoxy) is 2. The average molecular weight is 399 g/mol. The minimum atomic E-state index is -0.0636. The molecule has 1 aromatic carbocycles. The second-order valence-electron chi connectivity index (χ2n) is 4.86. The van der Waals surface area contributed by atoms with Crippen LogP contribution < -0.4 is 16.0 Å². The van der Waals surface area contributed by atoms with Crippen molar-refractivity contribution in [3.8, 4) is 5.75 Å². The molecule has 0 atom stereocenters. The van der Waals surface area contributed by atoms with Crippen LogP contribution in [0.1, 0.15) is 16.8 Å². The molecule has 2 heterocycles. The first kappa shape index (κ1) is 14.3. The molecule has 110 valence electrons. The molecule has 2 aromatic rings. The minimum absolute atomic E-state index is 0.0636. The maximum atomic E-state index is 12.3. The Morgan fingerprint density at radius 2 is 2.29 bits per heavy atom. The maximum Gasteiger partial charge on any atom is 0.267 e. The van der Waals surface area contributed by atoms with Crippen LogP contribution in [0.2, 0.25) is 0 Å². The van der Waals surface area contributed by atoms with Crippen LogP contribution in [0.5, 0.6) is 5.75 Å². The number of aromatic nitrogens is 2. The van der Waals surface area contributed by atoms with E-state index >= 15 is 0 Å². The van der Waals surface area contributed by atoms with Crippen LogP contribution in [0.3, 0.4) is 0 Å². The Kier molecular flexibility index (Phi) is 3.85. The molecular formula is C14H14IN3O3. The van der Waals surface area contributed by atoms with Gasteiger partial charge >= 0.3 is 0 Å². The summed E-state index contributed by atoms with van der Waals surface area (Å²) in [4.78, 5) is 16.5. The topological polar surface area (TPSA) is 79.4 Å². The summed E-state index contributed by atoms with van der Waals surface area (Å²) in [7, 11) is 0. The zero-order valence-corrected chi connectivity index (χ0v) is 13.6. The normalized spacial score (nSPS) is 13.6. The Morgan fingerprint density at radius 1 is 1.48 bits per heavy atom. The van der Waals surface area contributed by atoms with Gasteiger partial charge in [-0.1, -0.05) is 0 Å². The molecular weight excluding hydrogens is 385 g/mol. The number of nitrogens with two attached hydrogens (primary N) is 1. The van der Waals surface area contributed by atoms with Crippen molar-refractivity contribution in [1.82, 2.24) is 9.55 Å². The van der Waals surface area contributed by atoms with Gasteiger partial charge in [-0.2, -0.15) is 0 Å². The number of rotatable bonds is 2. The Labute approximate surface area is 135 Å². The summed E-state index contributed by atoms with van der Waals surface area (Å²) in [6.45, 7) is 2.86. The third-order valence-electron chi connectivity index (χ3n) is 3.31. The molecule has 0 radical (unpaired) electrons. The van der Waals surface area contributed by atoms with Gasteiger partial charge in [0, 0.05) is 16.8 Å². The molecule has 0 fully saturated rings. The zero-order valence-electron chi connectivity index (χ0n) is 11.4. The summed E-state index contributed by atoms with van der Waals surface area (Å²) in [6.07, 6.45) is 1.55. The van der Waals surface area contributed by atoms with Crippen LogP contribution in [0.15, 0.2) is 23.3 Å². The molecule has 2 N–H and O–H groups in total. The number of fused-ring (bicyclic) bond motifs is 1. The predicted octanol–water partition coefficient (Wildman–Crippen LogP) is 1.65. The standard InChI is InChI=1S/C14H14IN3O3/c1-8-12(15)14(19)18(6-17-8)4-9-2-11(16)3-10-5-20-7-21-13(9)10/h2-3,6H,4-5,7,16H2,1H3. The van der Waals surface area contributed by atoms with Gasteiger partial charge in [0.2, 0.25) is 0 Å². The van der Waals surface area contributed by atoms with E-state index in [4.69, 9.17) is 15.2 Å². The van der Waals surface area contributed by atoms with Crippen LogP contribution in [0.4, 0.5) is 5.69 Å². The first-order valence-electron chi connectivity index (χ1n) is 6.39. The fourth-order valence-electron chi connectivity index (χ4n) is 2.29. The van der Waals surface area contributed by atoms with Gasteiger partial charge in [-0.15, -0.1) is 0 Å². The lowest BCUT2D eigenvalue weighted by molar-refractivity contribution is -0.0170. The molecule has 0 bridgehead atoms. The number of benzene rings is 1. The number of halogens is 1. The van der Waals surface area contributed by atoms with E-state index in [0.29, 0.717) is 22.4 Å². The third-order valence-corrected chi connectivity index (χ3v) is 4.55. The van der Waals surface area contributed by atoms with Gasteiger partial charge in [-0.3, -0.25) is 9.36 Å². The number of anilines is 1. The SMILES string of the molecule is Cc1ncn(Cc2cc(N)cc3c2OCOC3)c(=O)c1I. The van der Waals surface area contributed by atoms with Crippen molar-refractivity contribution >= 4 is 28.3 Å². The number of nitrogens with zero attached hydrogens (tertiary/aromatic N) is 2. The Hall–Kier alpha value is -1.61. The minimum Gasteiger partial charge on any atom is -0.467 e. The van der Waals surface area contributed by atoms with Crippen molar-refractivity contribution in [3.05, 3.63) is 49.2 Å². The molecule has 0 unspecified atom stereocenters. The number of aryl methyl sites for hydroxylation is 1. The molecule has 0 amide bonds. The molecule has 0 spiro atoms. The van der Waals surface area contributed by atoms with Crippen molar-refractivity contribution in [3.63, 3.8) is 0 Å². The Bertz CT molecular complexity index is 758. The quantitative estimate of drug-likeness (QED) is 0.614. The maximum absolute atomic E-state index is 12.3. The highest BCUT2D eigenvalue weighted by Crippen LogP contribution is 2.31. The van der Waals surface area contributed by atoms with Crippen molar-refractivity contribution in [1.29, 1.82) is 0 Å². The lowest BCUT2D eigenvalue weighted by Gasteiger charge is -2.21. The van der Waals surface area contributed by atoms with Crippen LogP contribution in [0, 0.1) is 10.5 Å². The van der Waals surface area contributed by atoms with E-state index in [9.17, 15) is 4.79 Å². The molecule has 0 aliphatic carbocycles. The summed E-state index contributed by atoms with van der Waals surface area (Å²) >= 11 is 2.02. The summed E-state index contributed by atoms with van der Waals surface area (Å²) in [6, 6.07) is 3.65. The highest BCUT2D eigenvalue weighted by molar-refractivity contribution is 14.1.